The maximum atomic E-state index is 14.8. The van der Waals surface area contributed by atoms with E-state index < -0.39 is 29.7 Å². The minimum absolute atomic E-state index is 0.104. The molecule has 176 valence electrons. The fourth-order valence-electron chi connectivity index (χ4n) is 3.19. The van der Waals surface area contributed by atoms with Crippen LogP contribution in [0.2, 0.25) is 0 Å². The third-order valence-corrected chi connectivity index (χ3v) is 4.99. The summed E-state index contributed by atoms with van der Waals surface area (Å²) in [7, 11) is 0. The van der Waals surface area contributed by atoms with Crippen molar-refractivity contribution in [1.82, 2.24) is 10.6 Å². The van der Waals surface area contributed by atoms with E-state index in [1.807, 2.05) is 0 Å². The van der Waals surface area contributed by atoms with Gasteiger partial charge in [-0.3, -0.25) is 9.59 Å². The van der Waals surface area contributed by atoms with Gasteiger partial charge in [0.25, 0.3) is 5.91 Å². The van der Waals surface area contributed by atoms with Crippen LogP contribution < -0.4 is 10.6 Å². The SMILES string of the molecule is O=C(NC(Cc1ccccc1)C(=O)C(F)(F)C(=O)NCc1ccccc1)OCc1ccccc1. The zero-order chi connectivity index (χ0) is 24.4. The van der Waals surface area contributed by atoms with Crippen LogP contribution in [-0.2, 0) is 33.9 Å². The van der Waals surface area contributed by atoms with Crippen LogP contribution in [0.15, 0.2) is 91.0 Å². The standard InChI is InChI=1S/C26H24F2N2O4/c27-26(28,24(32)29-17-20-12-6-2-7-13-20)23(31)22(16-19-10-4-1-5-11-19)30-25(33)34-18-21-14-8-3-9-15-21/h1-15,22H,16-18H2,(H,29,32)(H,30,33). The predicted octanol–water partition coefficient (Wildman–Crippen LogP) is 4.04. The molecule has 0 spiro atoms. The van der Waals surface area contributed by atoms with Crippen LogP contribution in [0.3, 0.4) is 0 Å². The smallest absolute Gasteiger partial charge is 0.408 e. The number of nitrogens with one attached hydrogen (secondary N) is 2. The number of benzene rings is 3. The van der Waals surface area contributed by atoms with Crippen molar-refractivity contribution in [2.24, 2.45) is 0 Å². The molecule has 6 nitrogen and oxygen atoms in total. The van der Waals surface area contributed by atoms with Gasteiger partial charge in [0.05, 0.1) is 0 Å². The van der Waals surface area contributed by atoms with E-state index in [-0.39, 0.29) is 19.6 Å². The Morgan fingerprint density at radius 3 is 1.82 bits per heavy atom. The largest absolute Gasteiger partial charge is 0.445 e. The van der Waals surface area contributed by atoms with Crippen molar-refractivity contribution in [3.05, 3.63) is 108 Å². The van der Waals surface area contributed by atoms with Crippen molar-refractivity contribution >= 4 is 17.8 Å². The molecule has 0 aromatic heterocycles. The van der Waals surface area contributed by atoms with E-state index in [4.69, 9.17) is 4.74 Å². The van der Waals surface area contributed by atoms with Gasteiger partial charge in [0, 0.05) is 13.0 Å². The summed E-state index contributed by atoms with van der Waals surface area (Å²) in [5.74, 6) is -7.82. The van der Waals surface area contributed by atoms with E-state index in [0.29, 0.717) is 16.7 Å². The van der Waals surface area contributed by atoms with E-state index in [1.54, 1.807) is 91.0 Å². The molecule has 3 aromatic rings. The van der Waals surface area contributed by atoms with Gasteiger partial charge in [-0.05, 0) is 16.7 Å². The lowest BCUT2D eigenvalue weighted by Gasteiger charge is -2.22. The topological polar surface area (TPSA) is 84.5 Å². The molecule has 0 aliphatic heterocycles. The Hall–Kier alpha value is -4.07. The first-order valence-electron chi connectivity index (χ1n) is 10.6. The summed E-state index contributed by atoms with van der Waals surface area (Å²) in [6.45, 7) is -0.273. The fourth-order valence-corrected chi connectivity index (χ4v) is 3.19. The maximum Gasteiger partial charge on any atom is 0.408 e. The molecule has 1 atom stereocenters. The molecular formula is C26H24F2N2O4. The third kappa shape index (κ3) is 6.96. The Labute approximate surface area is 195 Å². The number of hydrogen-bond donors (Lipinski definition) is 2. The Bertz CT molecular complexity index is 1090. The normalized spacial score (nSPS) is 11.8. The van der Waals surface area contributed by atoms with Crippen molar-refractivity contribution in [1.29, 1.82) is 0 Å². The number of Topliss-reactive ketones (excluding diaryl/α,β-unsaturated/α-hetero) is 1. The summed E-state index contributed by atoms with van der Waals surface area (Å²) >= 11 is 0. The first kappa shape index (κ1) is 24.6. The molecule has 0 radical (unpaired) electrons. The lowest BCUT2D eigenvalue weighted by Crippen LogP contribution is -2.55. The van der Waals surface area contributed by atoms with Crippen LogP contribution in [-0.4, -0.2) is 29.7 Å². The second-order valence-electron chi connectivity index (χ2n) is 7.56. The molecule has 0 bridgehead atoms. The molecule has 0 aliphatic rings. The van der Waals surface area contributed by atoms with Gasteiger partial charge in [-0.1, -0.05) is 91.0 Å². The molecule has 1 unspecified atom stereocenters. The molecule has 0 fully saturated rings. The number of halogens is 2. The lowest BCUT2D eigenvalue weighted by atomic mass is 9.98. The molecule has 0 saturated carbocycles. The van der Waals surface area contributed by atoms with Crippen molar-refractivity contribution in [2.75, 3.05) is 0 Å². The molecular weight excluding hydrogens is 442 g/mol. The van der Waals surface area contributed by atoms with Crippen molar-refractivity contribution in [2.45, 2.75) is 31.5 Å². The first-order chi connectivity index (χ1) is 16.4. The Balaban J connectivity index is 1.69. The number of amides is 2. The average Bonchev–Trinajstić information content (AvgIpc) is 2.87. The predicted molar refractivity (Wildman–Crippen MR) is 122 cm³/mol. The van der Waals surface area contributed by atoms with E-state index in [2.05, 4.69) is 10.6 Å². The quantitative estimate of drug-likeness (QED) is 0.442. The summed E-state index contributed by atoms with van der Waals surface area (Å²) < 4.78 is 34.7. The minimum atomic E-state index is -4.36. The first-order valence-corrected chi connectivity index (χ1v) is 10.6. The molecule has 3 rings (SSSR count). The van der Waals surface area contributed by atoms with Crippen LogP contribution in [0.4, 0.5) is 13.6 Å². The Morgan fingerprint density at radius 1 is 0.765 bits per heavy atom. The molecule has 3 aromatic carbocycles. The van der Waals surface area contributed by atoms with Crippen molar-refractivity contribution in [3.8, 4) is 0 Å². The number of ether oxygens (including phenoxy) is 1. The van der Waals surface area contributed by atoms with Crippen LogP contribution >= 0.6 is 0 Å². The van der Waals surface area contributed by atoms with E-state index >= 15 is 0 Å². The minimum Gasteiger partial charge on any atom is -0.445 e. The number of rotatable bonds is 10. The van der Waals surface area contributed by atoms with Gasteiger partial charge in [-0.15, -0.1) is 0 Å². The van der Waals surface area contributed by atoms with Crippen molar-refractivity contribution < 1.29 is 27.9 Å². The van der Waals surface area contributed by atoms with Crippen LogP contribution in [0.1, 0.15) is 16.7 Å². The zero-order valence-corrected chi connectivity index (χ0v) is 18.2. The Morgan fingerprint density at radius 2 is 1.26 bits per heavy atom. The highest BCUT2D eigenvalue weighted by molar-refractivity contribution is 6.10. The highest BCUT2D eigenvalue weighted by Crippen LogP contribution is 2.20. The summed E-state index contributed by atoms with van der Waals surface area (Å²) in [4.78, 5) is 37.3. The molecule has 0 heterocycles. The average molecular weight is 466 g/mol. The monoisotopic (exact) mass is 466 g/mol. The van der Waals surface area contributed by atoms with E-state index in [9.17, 15) is 23.2 Å². The third-order valence-electron chi connectivity index (χ3n) is 4.99. The van der Waals surface area contributed by atoms with Gasteiger partial charge in [0.15, 0.2) is 0 Å². The maximum absolute atomic E-state index is 14.8. The van der Waals surface area contributed by atoms with Gasteiger partial charge >= 0.3 is 12.0 Å². The van der Waals surface area contributed by atoms with E-state index in [1.165, 1.54) is 0 Å². The Kier molecular flexibility index (Phi) is 8.45. The summed E-state index contributed by atoms with van der Waals surface area (Å²) in [6, 6.07) is 23.9. The number of hydrogen-bond acceptors (Lipinski definition) is 4. The lowest BCUT2D eigenvalue weighted by molar-refractivity contribution is -0.159. The summed E-state index contributed by atoms with van der Waals surface area (Å²) in [6.07, 6.45) is -1.28. The fraction of sp³-hybridized carbons (Fsp3) is 0.192. The molecule has 2 amide bonds. The van der Waals surface area contributed by atoms with Gasteiger partial charge in [-0.25, -0.2) is 4.79 Å². The molecule has 0 saturated heterocycles. The molecule has 8 heteroatoms. The highest BCUT2D eigenvalue weighted by Gasteiger charge is 2.50. The number of carbonyl (C=O) groups excluding carboxylic acids is 3. The van der Waals surface area contributed by atoms with Gasteiger partial charge in [0.2, 0.25) is 5.78 Å². The number of alkyl halides is 2. The summed E-state index contributed by atoms with van der Waals surface area (Å²) in [5.41, 5.74) is 1.82. The van der Waals surface area contributed by atoms with E-state index in [0.717, 1.165) is 0 Å². The number of ketones is 1. The van der Waals surface area contributed by atoms with Crippen molar-refractivity contribution in [3.63, 3.8) is 0 Å². The van der Waals surface area contributed by atoms with Gasteiger partial charge in [-0.2, -0.15) is 8.78 Å². The molecule has 0 aliphatic carbocycles. The van der Waals surface area contributed by atoms with Gasteiger partial charge < -0.3 is 15.4 Å². The van der Waals surface area contributed by atoms with Gasteiger partial charge in [0.1, 0.15) is 12.6 Å². The van der Waals surface area contributed by atoms with Crippen LogP contribution in [0.25, 0.3) is 0 Å². The number of alkyl carbamates (subject to hydrolysis) is 1. The van der Waals surface area contributed by atoms with Crippen LogP contribution in [0.5, 0.6) is 0 Å². The second-order valence-corrected chi connectivity index (χ2v) is 7.56. The molecule has 2 N–H and O–H groups in total. The summed E-state index contributed by atoms with van der Waals surface area (Å²) in [5, 5.41) is 4.28. The second kappa shape index (κ2) is 11.7. The molecule has 34 heavy (non-hydrogen) atoms. The van der Waals surface area contributed by atoms with Crippen LogP contribution in [0, 0.1) is 0 Å². The zero-order valence-electron chi connectivity index (χ0n) is 18.2. The highest BCUT2D eigenvalue weighted by atomic mass is 19.3. The number of carbonyl (C=O) groups is 3.